The fourth-order valence-electron chi connectivity index (χ4n) is 2.36. The van der Waals surface area contributed by atoms with Gasteiger partial charge in [-0.15, -0.1) is 0 Å². The molecule has 2 rings (SSSR count). The van der Waals surface area contributed by atoms with Crippen LogP contribution in [-0.2, 0) is 6.42 Å². The third kappa shape index (κ3) is 2.54. The number of hydrogen-bond acceptors (Lipinski definition) is 0. The average molecular weight is 232 g/mol. The van der Waals surface area contributed by atoms with Crippen molar-refractivity contribution >= 4 is 0 Å². The van der Waals surface area contributed by atoms with Crippen LogP contribution in [0.5, 0.6) is 0 Å². The van der Waals surface area contributed by atoms with Gasteiger partial charge in [-0.2, -0.15) is 13.2 Å². The molecule has 0 saturated heterocycles. The van der Waals surface area contributed by atoms with Crippen molar-refractivity contribution in [3.05, 3.63) is 35.1 Å². The van der Waals surface area contributed by atoms with Gasteiger partial charge in [0.1, 0.15) is 5.82 Å². The molecule has 1 aliphatic carbocycles. The third-order valence-electron chi connectivity index (χ3n) is 3.02. The van der Waals surface area contributed by atoms with Crippen LogP contribution in [0.3, 0.4) is 0 Å². The van der Waals surface area contributed by atoms with Crippen LogP contribution in [0.4, 0.5) is 17.6 Å². The zero-order chi connectivity index (χ0) is 11.8. The SMILES string of the molecule is Fc1ccc2c(c1)[C@@H](CC(F)(F)F)CCC2. The molecule has 0 saturated carbocycles. The summed E-state index contributed by atoms with van der Waals surface area (Å²) in [6, 6.07) is 4.17. The van der Waals surface area contributed by atoms with Crippen molar-refractivity contribution in [1.29, 1.82) is 0 Å². The second-order valence-electron chi connectivity index (χ2n) is 4.25. The molecular weight excluding hydrogens is 220 g/mol. The minimum Gasteiger partial charge on any atom is -0.207 e. The van der Waals surface area contributed by atoms with E-state index in [4.69, 9.17) is 0 Å². The van der Waals surface area contributed by atoms with Gasteiger partial charge in [-0.3, -0.25) is 0 Å². The van der Waals surface area contributed by atoms with Crippen molar-refractivity contribution in [2.45, 2.75) is 37.8 Å². The van der Waals surface area contributed by atoms with Gasteiger partial charge in [-0.1, -0.05) is 6.07 Å². The molecule has 1 aliphatic rings. The Hall–Kier alpha value is -1.06. The molecule has 0 spiro atoms. The molecule has 0 unspecified atom stereocenters. The van der Waals surface area contributed by atoms with Crippen molar-refractivity contribution < 1.29 is 17.6 Å². The zero-order valence-corrected chi connectivity index (χ0v) is 8.65. The Labute approximate surface area is 91.3 Å². The van der Waals surface area contributed by atoms with Crippen molar-refractivity contribution in [3.8, 4) is 0 Å². The molecule has 0 aliphatic heterocycles. The summed E-state index contributed by atoms with van der Waals surface area (Å²) in [5.41, 5.74) is 1.41. The van der Waals surface area contributed by atoms with E-state index in [-0.39, 0.29) is 0 Å². The van der Waals surface area contributed by atoms with E-state index in [0.717, 1.165) is 18.4 Å². The molecule has 0 aromatic heterocycles. The molecule has 0 heterocycles. The van der Waals surface area contributed by atoms with E-state index in [1.54, 1.807) is 6.07 Å². The fraction of sp³-hybridized carbons (Fsp3) is 0.500. The van der Waals surface area contributed by atoms with E-state index in [1.165, 1.54) is 12.1 Å². The Morgan fingerprint density at radius 1 is 1.25 bits per heavy atom. The summed E-state index contributed by atoms with van der Waals surface area (Å²) in [6.07, 6.45) is -3.02. The molecule has 0 radical (unpaired) electrons. The van der Waals surface area contributed by atoms with Crippen LogP contribution >= 0.6 is 0 Å². The number of rotatable bonds is 1. The minimum absolute atomic E-state index is 0.451. The number of fused-ring (bicyclic) bond motifs is 1. The highest BCUT2D eigenvalue weighted by Gasteiger charge is 2.34. The zero-order valence-electron chi connectivity index (χ0n) is 8.65. The van der Waals surface area contributed by atoms with E-state index in [1.807, 2.05) is 0 Å². The van der Waals surface area contributed by atoms with Crippen molar-refractivity contribution in [3.63, 3.8) is 0 Å². The van der Waals surface area contributed by atoms with Gasteiger partial charge in [0, 0.05) is 0 Å². The topological polar surface area (TPSA) is 0 Å². The lowest BCUT2D eigenvalue weighted by Crippen LogP contribution is -2.18. The molecule has 1 atom stereocenters. The van der Waals surface area contributed by atoms with Gasteiger partial charge in [-0.05, 0) is 48.4 Å². The molecule has 1 aromatic rings. The summed E-state index contributed by atoms with van der Waals surface area (Å²) < 4.78 is 50.0. The lowest BCUT2D eigenvalue weighted by Gasteiger charge is -2.26. The van der Waals surface area contributed by atoms with E-state index in [9.17, 15) is 17.6 Å². The van der Waals surface area contributed by atoms with Gasteiger partial charge >= 0.3 is 6.18 Å². The quantitative estimate of drug-likeness (QED) is 0.636. The van der Waals surface area contributed by atoms with Crippen molar-refractivity contribution in [1.82, 2.24) is 0 Å². The summed E-state index contributed by atoms with van der Waals surface area (Å²) in [4.78, 5) is 0. The summed E-state index contributed by atoms with van der Waals surface area (Å²) in [5.74, 6) is -1.02. The molecule has 0 nitrogen and oxygen atoms in total. The van der Waals surface area contributed by atoms with Crippen LogP contribution in [0.15, 0.2) is 18.2 Å². The van der Waals surface area contributed by atoms with Gasteiger partial charge in [0.05, 0.1) is 6.42 Å². The molecule has 4 heteroatoms. The third-order valence-corrected chi connectivity index (χ3v) is 3.02. The van der Waals surface area contributed by atoms with E-state index >= 15 is 0 Å². The maximum absolute atomic E-state index is 13.0. The monoisotopic (exact) mass is 232 g/mol. The number of halogens is 4. The highest BCUT2D eigenvalue weighted by Crippen LogP contribution is 2.39. The number of hydrogen-bond donors (Lipinski definition) is 0. The van der Waals surface area contributed by atoms with E-state index in [2.05, 4.69) is 0 Å². The highest BCUT2D eigenvalue weighted by atomic mass is 19.4. The predicted molar refractivity (Wildman–Crippen MR) is 52.8 cm³/mol. The van der Waals surface area contributed by atoms with Crippen molar-refractivity contribution in [2.24, 2.45) is 0 Å². The van der Waals surface area contributed by atoms with Crippen LogP contribution in [0.2, 0.25) is 0 Å². The fourth-order valence-corrected chi connectivity index (χ4v) is 2.36. The molecule has 0 N–H and O–H groups in total. The normalized spacial score (nSPS) is 20.6. The molecule has 1 aromatic carbocycles. The highest BCUT2D eigenvalue weighted by molar-refractivity contribution is 5.33. The Balaban J connectivity index is 2.28. The molecule has 88 valence electrons. The summed E-state index contributed by atoms with van der Waals surface area (Å²) in [7, 11) is 0. The van der Waals surface area contributed by atoms with Crippen LogP contribution in [-0.4, -0.2) is 6.18 Å². The lowest BCUT2D eigenvalue weighted by atomic mass is 9.81. The molecule has 0 bridgehead atoms. The maximum Gasteiger partial charge on any atom is 0.389 e. The first kappa shape index (κ1) is 11.4. The van der Waals surface area contributed by atoms with Crippen LogP contribution < -0.4 is 0 Å². The van der Waals surface area contributed by atoms with Crippen LogP contribution in [0.1, 0.15) is 36.3 Å². The van der Waals surface area contributed by atoms with Gasteiger partial charge < -0.3 is 0 Å². The van der Waals surface area contributed by atoms with Crippen molar-refractivity contribution in [2.75, 3.05) is 0 Å². The Kier molecular flexibility index (Phi) is 2.91. The predicted octanol–water partition coefficient (Wildman–Crippen LogP) is 4.20. The van der Waals surface area contributed by atoms with Crippen LogP contribution in [0.25, 0.3) is 0 Å². The standard InChI is InChI=1S/C12H12F4/c13-10-5-4-8-2-1-3-9(11(8)6-10)7-12(14,15)16/h4-6,9H,1-3,7H2/t9-/m1/s1. The first-order valence-corrected chi connectivity index (χ1v) is 5.31. The van der Waals surface area contributed by atoms with Gasteiger partial charge in [0.25, 0.3) is 0 Å². The lowest BCUT2D eigenvalue weighted by molar-refractivity contribution is -0.139. The average Bonchev–Trinajstić information content (AvgIpc) is 2.17. The number of aryl methyl sites for hydroxylation is 1. The maximum atomic E-state index is 13.0. The number of alkyl halides is 3. The summed E-state index contributed by atoms with van der Waals surface area (Å²) in [6.45, 7) is 0. The molecule has 0 fully saturated rings. The molecular formula is C12H12F4. The molecule has 0 amide bonds. The van der Waals surface area contributed by atoms with E-state index in [0.29, 0.717) is 12.0 Å². The van der Waals surface area contributed by atoms with Gasteiger partial charge in [-0.25, -0.2) is 4.39 Å². The summed E-state index contributed by atoms with van der Waals surface area (Å²) >= 11 is 0. The Morgan fingerprint density at radius 3 is 2.69 bits per heavy atom. The first-order valence-electron chi connectivity index (χ1n) is 5.31. The second-order valence-corrected chi connectivity index (χ2v) is 4.25. The second kappa shape index (κ2) is 4.07. The van der Waals surface area contributed by atoms with Gasteiger partial charge in [0.2, 0.25) is 0 Å². The number of benzene rings is 1. The minimum atomic E-state index is -4.18. The largest absolute Gasteiger partial charge is 0.389 e. The smallest absolute Gasteiger partial charge is 0.207 e. The molecule has 16 heavy (non-hydrogen) atoms. The summed E-state index contributed by atoms with van der Waals surface area (Å²) in [5, 5.41) is 0. The van der Waals surface area contributed by atoms with E-state index < -0.39 is 24.3 Å². The Morgan fingerprint density at radius 2 is 2.00 bits per heavy atom. The first-order chi connectivity index (χ1) is 7.46. The van der Waals surface area contributed by atoms with Gasteiger partial charge in [0.15, 0.2) is 0 Å². The Bertz CT molecular complexity index is 381. The van der Waals surface area contributed by atoms with Crippen LogP contribution in [0, 0.1) is 5.82 Å².